The highest BCUT2D eigenvalue weighted by atomic mass is 32.1. The molecule has 160 valence electrons. The monoisotopic (exact) mass is 418 g/mol. The minimum atomic E-state index is 0.0892. The quantitative estimate of drug-likeness (QED) is 0.643. The Labute approximate surface area is 178 Å². The summed E-state index contributed by atoms with van der Waals surface area (Å²) in [5, 5.41) is 1.18. The minimum absolute atomic E-state index is 0.0892. The van der Waals surface area contributed by atoms with Crippen LogP contribution >= 0.6 is 11.3 Å². The average molecular weight is 419 g/mol. The zero-order valence-corrected chi connectivity index (χ0v) is 19.2. The van der Waals surface area contributed by atoms with Crippen molar-refractivity contribution in [1.29, 1.82) is 0 Å². The largest absolute Gasteiger partial charge is 0.383 e. The molecular weight excluding hydrogens is 384 g/mol. The third kappa shape index (κ3) is 4.56. The van der Waals surface area contributed by atoms with Gasteiger partial charge >= 0.3 is 0 Å². The number of carbonyl (C=O) groups is 1. The average Bonchev–Trinajstić information content (AvgIpc) is 3.04. The van der Waals surface area contributed by atoms with Gasteiger partial charge in [-0.25, -0.2) is 9.97 Å². The summed E-state index contributed by atoms with van der Waals surface area (Å²) in [5.41, 5.74) is 1.28. The van der Waals surface area contributed by atoms with Crippen molar-refractivity contribution >= 4 is 33.3 Å². The van der Waals surface area contributed by atoms with Gasteiger partial charge in [0.25, 0.3) is 0 Å². The Kier molecular flexibility index (Phi) is 7.46. The smallest absolute Gasteiger partial charge is 0.226 e. The fourth-order valence-electron chi connectivity index (χ4n) is 4.37. The van der Waals surface area contributed by atoms with E-state index in [2.05, 4.69) is 47.5 Å². The van der Waals surface area contributed by atoms with Crippen molar-refractivity contribution in [1.82, 2.24) is 14.9 Å². The molecule has 0 radical (unpaired) electrons. The number of ether oxygens (including phenoxy) is 1. The van der Waals surface area contributed by atoms with Gasteiger partial charge < -0.3 is 14.5 Å². The summed E-state index contributed by atoms with van der Waals surface area (Å²) in [4.78, 5) is 29.1. The maximum atomic E-state index is 13.3. The van der Waals surface area contributed by atoms with E-state index in [0.29, 0.717) is 25.1 Å². The molecule has 0 spiro atoms. The Morgan fingerprint density at radius 1 is 1.28 bits per heavy atom. The van der Waals surface area contributed by atoms with E-state index in [1.165, 1.54) is 15.8 Å². The third-order valence-corrected chi connectivity index (χ3v) is 7.41. The van der Waals surface area contributed by atoms with E-state index in [4.69, 9.17) is 4.74 Å². The molecule has 1 aliphatic heterocycles. The Morgan fingerprint density at radius 2 is 1.97 bits per heavy atom. The van der Waals surface area contributed by atoms with E-state index in [9.17, 15) is 4.79 Å². The van der Waals surface area contributed by atoms with Crippen LogP contribution in [0.1, 0.15) is 50.0 Å². The van der Waals surface area contributed by atoms with Gasteiger partial charge in [0.15, 0.2) is 0 Å². The van der Waals surface area contributed by atoms with Crippen LogP contribution in [0.25, 0.3) is 10.2 Å². The van der Waals surface area contributed by atoms with Crippen LogP contribution in [0.4, 0.5) is 5.82 Å². The lowest BCUT2D eigenvalue weighted by Gasteiger charge is -2.37. The molecule has 0 N–H and O–H groups in total. The molecule has 2 aromatic heterocycles. The number of hydrogen-bond donors (Lipinski definition) is 0. The zero-order chi connectivity index (χ0) is 21.0. The lowest BCUT2D eigenvalue weighted by Crippen LogP contribution is -2.47. The van der Waals surface area contributed by atoms with Gasteiger partial charge in [-0.05, 0) is 45.1 Å². The second-order valence-corrected chi connectivity index (χ2v) is 9.12. The van der Waals surface area contributed by atoms with Gasteiger partial charge in [0.2, 0.25) is 5.91 Å². The van der Waals surface area contributed by atoms with Crippen molar-refractivity contribution in [2.75, 3.05) is 38.3 Å². The van der Waals surface area contributed by atoms with Gasteiger partial charge in [-0.3, -0.25) is 4.79 Å². The summed E-state index contributed by atoms with van der Waals surface area (Å²) in [6, 6.07) is 0.300. The normalized spacial score (nSPS) is 15.4. The fraction of sp³-hybridized carbons (Fsp3) is 0.682. The zero-order valence-electron chi connectivity index (χ0n) is 18.4. The Bertz CT molecular complexity index is 826. The number of carbonyl (C=O) groups excluding carboxylic acids is 1. The molecule has 6 nitrogen and oxygen atoms in total. The number of rotatable bonds is 8. The first-order valence-corrected chi connectivity index (χ1v) is 11.6. The summed E-state index contributed by atoms with van der Waals surface area (Å²) in [7, 11) is 1.70. The molecule has 0 saturated carbocycles. The van der Waals surface area contributed by atoms with Crippen LogP contribution in [0, 0.1) is 19.8 Å². The first kappa shape index (κ1) is 22.0. The molecule has 1 amide bonds. The third-order valence-electron chi connectivity index (χ3n) is 6.29. The van der Waals surface area contributed by atoms with Crippen molar-refractivity contribution in [3.8, 4) is 0 Å². The van der Waals surface area contributed by atoms with Crippen molar-refractivity contribution in [3.63, 3.8) is 0 Å². The Hall–Kier alpha value is -1.73. The molecule has 0 bridgehead atoms. The SMILES string of the molecule is CCC(CC)N(CCOC)C(=O)C1CCN(c2ncnc3sc(C)c(C)c23)CC1. The van der Waals surface area contributed by atoms with Crippen LogP contribution < -0.4 is 4.90 Å². The molecular formula is C22H34N4O2S. The van der Waals surface area contributed by atoms with Gasteiger partial charge in [0.1, 0.15) is 17.0 Å². The van der Waals surface area contributed by atoms with E-state index < -0.39 is 0 Å². The van der Waals surface area contributed by atoms with Crippen molar-refractivity contribution in [2.45, 2.75) is 59.4 Å². The first-order valence-electron chi connectivity index (χ1n) is 10.8. The van der Waals surface area contributed by atoms with Crippen LogP contribution in [0.3, 0.4) is 0 Å². The molecule has 0 unspecified atom stereocenters. The number of hydrogen-bond acceptors (Lipinski definition) is 6. The molecule has 0 aromatic carbocycles. The molecule has 1 saturated heterocycles. The predicted octanol–water partition coefficient (Wildman–Crippen LogP) is 4.19. The molecule has 7 heteroatoms. The summed E-state index contributed by atoms with van der Waals surface area (Å²) >= 11 is 1.73. The highest BCUT2D eigenvalue weighted by molar-refractivity contribution is 7.18. The molecule has 2 aromatic rings. The Balaban J connectivity index is 1.72. The lowest BCUT2D eigenvalue weighted by atomic mass is 9.93. The molecule has 1 aliphatic rings. The van der Waals surface area contributed by atoms with E-state index >= 15 is 0 Å². The van der Waals surface area contributed by atoms with Gasteiger partial charge in [-0.15, -0.1) is 11.3 Å². The number of aryl methyl sites for hydroxylation is 2. The first-order chi connectivity index (χ1) is 14.0. The molecule has 0 atom stereocenters. The minimum Gasteiger partial charge on any atom is -0.383 e. The maximum absolute atomic E-state index is 13.3. The molecule has 1 fully saturated rings. The predicted molar refractivity (Wildman–Crippen MR) is 120 cm³/mol. The van der Waals surface area contributed by atoms with Gasteiger partial charge in [0.05, 0.1) is 12.0 Å². The summed E-state index contributed by atoms with van der Waals surface area (Å²) in [5.74, 6) is 1.41. The molecule has 3 rings (SSSR count). The van der Waals surface area contributed by atoms with Crippen LogP contribution in [0.2, 0.25) is 0 Å². The maximum Gasteiger partial charge on any atom is 0.226 e. The number of methoxy groups -OCH3 is 1. The highest BCUT2D eigenvalue weighted by Gasteiger charge is 2.32. The molecule has 3 heterocycles. The number of thiophene rings is 1. The van der Waals surface area contributed by atoms with Crippen molar-refractivity contribution in [2.24, 2.45) is 5.92 Å². The second kappa shape index (κ2) is 9.85. The number of amides is 1. The summed E-state index contributed by atoms with van der Waals surface area (Å²) < 4.78 is 5.26. The van der Waals surface area contributed by atoms with Crippen LogP contribution in [0.5, 0.6) is 0 Å². The van der Waals surface area contributed by atoms with E-state index in [0.717, 1.165) is 49.4 Å². The standard InChI is InChI=1S/C22H34N4O2S/c1-6-18(7-2)26(12-13-28-5)22(27)17-8-10-25(11-9-17)20-19-15(3)16(4)29-21(19)24-14-23-20/h14,17-18H,6-13H2,1-5H3. The van der Waals surface area contributed by atoms with Crippen LogP contribution in [-0.4, -0.2) is 60.2 Å². The van der Waals surface area contributed by atoms with Gasteiger partial charge in [-0.2, -0.15) is 0 Å². The molecule has 29 heavy (non-hydrogen) atoms. The van der Waals surface area contributed by atoms with Crippen LogP contribution in [0.15, 0.2) is 6.33 Å². The molecule has 0 aliphatic carbocycles. The number of aromatic nitrogens is 2. The number of piperidine rings is 1. The highest BCUT2D eigenvalue weighted by Crippen LogP contribution is 2.35. The lowest BCUT2D eigenvalue weighted by molar-refractivity contribution is -0.139. The van der Waals surface area contributed by atoms with E-state index in [1.54, 1.807) is 24.8 Å². The fourth-order valence-corrected chi connectivity index (χ4v) is 5.36. The topological polar surface area (TPSA) is 58.6 Å². The van der Waals surface area contributed by atoms with Gasteiger partial charge in [-0.1, -0.05) is 13.8 Å². The number of nitrogens with zero attached hydrogens (tertiary/aromatic N) is 4. The number of fused-ring (bicyclic) bond motifs is 1. The summed E-state index contributed by atoms with van der Waals surface area (Å²) in [6.07, 6.45) is 5.39. The Morgan fingerprint density at radius 3 is 2.59 bits per heavy atom. The van der Waals surface area contributed by atoms with Crippen molar-refractivity contribution in [3.05, 3.63) is 16.8 Å². The van der Waals surface area contributed by atoms with Crippen LogP contribution in [-0.2, 0) is 9.53 Å². The van der Waals surface area contributed by atoms with E-state index in [-0.39, 0.29) is 5.92 Å². The second-order valence-electron chi connectivity index (χ2n) is 7.92. The van der Waals surface area contributed by atoms with Crippen molar-refractivity contribution < 1.29 is 9.53 Å². The van der Waals surface area contributed by atoms with E-state index in [1.807, 2.05) is 0 Å². The number of anilines is 1. The van der Waals surface area contributed by atoms with Gasteiger partial charge in [0, 0.05) is 43.6 Å². The summed E-state index contributed by atoms with van der Waals surface area (Å²) in [6.45, 7) is 11.6.